The number of rotatable bonds is 6. The van der Waals surface area contributed by atoms with Crippen molar-refractivity contribution in [2.45, 2.75) is 39.0 Å². The molecule has 6 heteroatoms. The van der Waals surface area contributed by atoms with Crippen molar-refractivity contribution < 1.29 is 13.2 Å². The van der Waals surface area contributed by atoms with Crippen molar-refractivity contribution in [3.8, 4) is 0 Å². The Kier molecular flexibility index (Phi) is 5.96. The van der Waals surface area contributed by atoms with Gasteiger partial charge in [-0.05, 0) is 33.2 Å². The molecule has 2 atom stereocenters. The van der Waals surface area contributed by atoms with Crippen LogP contribution in [0.5, 0.6) is 0 Å². The maximum Gasteiger partial charge on any atom is 0.238 e. The van der Waals surface area contributed by atoms with Crippen LogP contribution in [-0.4, -0.2) is 37.9 Å². The molecule has 5 nitrogen and oxygen atoms in total. The van der Waals surface area contributed by atoms with Crippen LogP contribution in [-0.2, 0) is 14.6 Å². The second-order valence-electron chi connectivity index (χ2n) is 4.48. The zero-order valence-corrected chi connectivity index (χ0v) is 11.2. The van der Waals surface area contributed by atoms with Crippen molar-refractivity contribution in [2.75, 3.05) is 12.3 Å². The fourth-order valence-corrected chi connectivity index (χ4v) is 2.79. The van der Waals surface area contributed by atoms with E-state index in [2.05, 4.69) is 5.32 Å². The lowest BCUT2D eigenvalue weighted by atomic mass is 10.2. The van der Waals surface area contributed by atoms with Gasteiger partial charge in [-0.3, -0.25) is 4.79 Å². The van der Waals surface area contributed by atoms with E-state index in [1.165, 1.54) is 6.92 Å². The maximum absolute atomic E-state index is 11.8. The minimum absolute atomic E-state index is 0.0455. The molecule has 0 fully saturated rings. The first kappa shape index (κ1) is 15.4. The van der Waals surface area contributed by atoms with Crippen molar-refractivity contribution in [1.29, 1.82) is 0 Å². The van der Waals surface area contributed by atoms with Gasteiger partial charge in [-0.25, -0.2) is 8.42 Å². The number of hydrogen-bond acceptors (Lipinski definition) is 4. The summed E-state index contributed by atoms with van der Waals surface area (Å²) in [5.41, 5.74) is 5.37. The lowest BCUT2D eigenvalue weighted by molar-refractivity contribution is -0.120. The quantitative estimate of drug-likeness (QED) is 0.689. The molecular formula is C10H22N2O3S. The van der Waals surface area contributed by atoms with Crippen molar-refractivity contribution in [3.05, 3.63) is 0 Å². The van der Waals surface area contributed by atoms with E-state index in [1.54, 1.807) is 20.8 Å². The van der Waals surface area contributed by atoms with E-state index >= 15 is 0 Å². The molecule has 0 rings (SSSR count). The van der Waals surface area contributed by atoms with Crippen LogP contribution in [0.2, 0.25) is 0 Å². The van der Waals surface area contributed by atoms with Crippen molar-refractivity contribution >= 4 is 15.7 Å². The van der Waals surface area contributed by atoms with Gasteiger partial charge >= 0.3 is 0 Å². The van der Waals surface area contributed by atoms with Gasteiger partial charge in [0.05, 0.1) is 5.75 Å². The van der Waals surface area contributed by atoms with Crippen LogP contribution >= 0.6 is 0 Å². The highest BCUT2D eigenvalue weighted by molar-refractivity contribution is 7.92. The number of amides is 1. The summed E-state index contributed by atoms with van der Waals surface area (Å²) in [6, 6.07) is -0.0583. The molecule has 0 saturated heterocycles. The SMILES string of the molecule is CC(CN)CS(=O)(=O)C(C)C(=O)NC(C)C. The topological polar surface area (TPSA) is 89.3 Å². The van der Waals surface area contributed by atoms with E-state index in [1.807, 2.05) is 0 Å². The van der Waals surface area contributed by atoms with E-state index in [-0.39, 0.29) is 17.7 Å². The van der Waals surface area contributed by atoms with Crippen molar-refractivity contribution in [2.24, 2.45) is 11.7 Å². The molecule has 0 aliphatic carbocycles. The van der Waals surface area contributed by atoms with Crippen LogP contribution in [0.1, 0.15) is 27.7 Å². The number of carbonyl (C=O) groups excluding carboxylic acids is 1. The average Bonchev–Trinajstić information content (AvgIpc) is 2.14. The molecule has 0 spiro atoms. The molecule has 0 aliphatic heterocycles. The molecule has 0 bridgehead atoms. The van der Waals surface area contributed by atoms with Gasteiger partial charge in [-0.15, -0.1) is 0 Å². The van der Waals surface area contributed by atoms with Gasteiger partial charge in [0.25, 0.3) is 0 Å². The first-order valence-electron chi connectivity index (χ1n) is 5.42. The summed E-state index contributed by atoms with van der Waals surface area (Å²) in [5, 5.41) is 1.58. The van der Waals surface area contributed by atoms with Crippen LogP contribution < -0.4 is 11.1 Å². The van der Waals surface area contributed by atoms with Gasteiger partial charge in [-0.2, -0.15) is 0 Å². The number of hydrogen-bond donors (Lipinski definition) is 2. The van der Waals surface area contributed by atoms with Gasteiger partial charge in [0.2, 0.25) is 5.91 Å². The summed E-state index contributed by atoms with van der Waals surface area (Å²) in [6.07, 6.45) is 0. The smallest absolute Gasteiger partial charge is 0.238 e. The molecule has 0 radical (unpaired) electrons. The van der Waals surface area contributed by atoms with Crippen LogP contribution in [0.25, 0.3) is 0 Å². The first-order valence-corrected chi connectivity index (χ1v) is 7.14. The molecule has 0 aliphatic rings. The molecule has 2 unspecified atom stereocenters. The Hall–Kier alpha value is -0.620. The van der Waals surface area contributed by atoms with Crippen molar-refractivity contribution in [1.82, 2.24) is 5.32 Å². The molecule has 0 aromatic carbocycles. The third-order valence-corrected chi connectivity index (χ3v) is 4.58. The largest absolute Gasteiger partial charge is 0.353 e. The molecule has 16 heavy (non-hydrogen) atoms. The average molecular weight is 250 g/mol. The monoisotopic (exact) mass is 250 g/mol. The van der Waals surface area contributed by atoms with Gasteiger partial charge < -0.3 is 11.1 Å². The first-order chi connectivity index (χ1) is 7.20. The summed E-state index contributed by atoms with van der Waals surface area (Å²) >= 11 is 0. The van der Waals surface area contributed by atoms with E-state index in [9.17, 15) is 13.2 Å². The summed E-state index contributed by atoms with van der Waals surface area (Å²) in [4.78, 5) is 11.5. The van der Waals surface area contributed by atoms with Gasteiger partial charge in [0, 0.05) is 6.04 Å². The molecule has 0 aromatic heterocycles. The Balaban J connectivity index is 4.58. The Labute approximate surface area is 97.7 Å². The lowest BCUT2D eigenvalue weighted by Gasteiger charge is -2.17. The Morgan fingerprint density at radius 2 is 1.75 bits per heavy atom. The zero-order valence-electron chi connectivity index (χ0n) is 10.4. The molecule has 0 aromatic rings. The standard InChI is InChI=1S/C10H22N2O3S/c1-7(2)12-10(13)9(4)16(14,15)6-8(3)5-11/h7-9H,5-6,11H2,1-4H3,(H,12,13). The highest BCUT2D eigenvalue weighted by Crippen LogP contribution is 2.07. The van der Waals surface area contributed by atoms with Gasteiger partial charge in [-0.1, -0.05) is 6.92 Å². The summed E-state index contributed by atoms with van der Waals surface area (Å²) < 4.78 is 23.6. The normalized spacial score (nSPS) is 15.9. The second kappa shape index (κ2) is 6.20. The Bertz CT molecular complexity index is 325. The van der Waals surface area contributed by atoms with Crippen LogP contribution in [0.15, 0.2) is 0 Å². The fraction of sp³-hybridized carbons (Fsp3) is 0.900. The number of nitrogens with one attached hydrogen (secondary N) is 1. The number of carbonyl (C=O) groups is 1. The van der Waals surface area contributed by atoms with Crippen LogP contribution in [0.4, 0.5) is 0 Å². The van der Waals surface area contributed by atoms with E-state index in [4.69, 9.17) is 5.73 Å². The van der Waals surface area contributed by atoms with Gasteiger partial charge in [0.1, 0.15) is 5.25 Å². The third kappa shape index (κ3) is 4.94. The fourth-order valence-electron chi connectivity index (χ4n) is 1.17. The molecule has 0 heterocycles. The van der Waals surface area contributed by atoms with E-state index in [0.717, 1.165) is 0 Å². The predicted octanol–water partition coefficient (Wildman–Crippen LogP) is -0.0909. The summed E-state index contributed by atoms with van der Waals surface area (Å²) in [7, 11) is -3.41. The van der Waals surface area contributed by atoms with Crippen LogP contribution in [0, 0.1) is 5.92 Å². The Morgan fingerprint density at radius 3 is 2.12 bits per heavy atom. The zero-order chi connectivity index (χ0) is 12.9. The highest BCUT2D eigenvalue weighted by atomic mass is 32.2. The molecular weight excluding hydrogens is 228 g/mol. The van der Waals surface area contributed by atoms with Gasteiger partial charge in [0.15, 0.2) is 9.84 Å². The minimum atomic E-state index is -3.41. The highest BCUT2D eigenvalue weighted by Gasteiger charge is 2.29. The van der Waals surface area contributed by atoms with Crippen LogP contribution in [0.3, 0.4) is 0 Å². The number of nitrogens with two attached hydrogens (primary N) is 1. The molecule has 0 saturated carbocycles. The molecule has 1 amide bonds. The maximum atomic E-state index is 11.8. The third-order valence-electron chi connectivity index (χ3n) is 2.26. The van der Waals surface area contributed by atoms with Crippen molar-refractivity contribution in [3.63, 3.8) is 0 Å². The molecule has 3 N–H and O–H groups in total. The lowest BCUT2D eigenvalue weighted by Crippen LogP contribution is -2.43. The summed E-state index contributed by atoms with van der Waals surface area (Å²) in [5.74, 6) is -0.616. The van der Waals surface area contributed by atoms with E-state index in [0.29, 0.717) is 6.54 Å². The number of sulfone groups is 1. The minimum Gasteiger partial charge on any atom is -0.353 e. The second-order valence-corrected chi connectivity index (χ2v) is 6.84. The summed E-state index contributed by atoms with van der Waals surface area (Å²) in [6.45, 7) is 7.05. The van der Waals surface area contributed by atoms with E-state index < -0.39 is 21.0 Å². The predicted molar refractivity (Wildman–Crippen MR) is 64.7 cm³/mol. The Morgan fingerprint density at radius 1 is 1.25 bits per heavy atom. The molecule has 96 valence electrons.